The molecule has 0 aliphatic heterocycles. The van der Waals surface area contributed by atoms with Crippen molar-refractivity contribution in [2.24, 2.45) is 17.8 Å². The molecule has 4 atom stereocenters. The van der Waals surface area contributed by atoms with Gasteiger partial charge in [0.1, 0.15) is 0 Å². The normalized spacial score (nSPS) is 27.1. The molecule has 4 nitrogen and oxygen atoms in total. The van der Waals surface area contributed by atoms with Crippen LogP contribution in [0.1, 0.15) is 24.5 Å². The average Bonchev–Trinajstić information content (AvgIpc) is 3.17. The SMILES string of the molecule is COc1ccc([C@@H](O)CNC[C@H]2C[C@H]3C=C[C@H]2C3)cc1OC. The van der Waals surface area contributed by atoms with E-state index in [0.29, 0.717) is 18.0 Å². The van der Waals surface area contributed by atoms with E-state index in [1.807, 2.05) is 18.2 Å². The smallest absolute Gasteiger partial charge is 0.161 e. The Bertz CT molecular complexity index is 543. The lowest BCUT2D eigenvalue weighted by Gasteiger charge is -2.20. The lowest BCUT2D eigenvalue weighted by molar-refractivity contribution is 0.171. The lowest BCUT2D eigenvalue weighted by atomic mass is 9.93. The molecule has 2 aliphatic carbocycles. The van der Waals surface area contributed by atoms with Crippen molar-refractivity contribution in [1.29, 1.82) is 0 Å². The highest BCUT2D eigenvalue weighted by molar-refractivity contribution is 5.43. The highest BCUT2D eigenvalue weighted by atomic mass is 16.5. The second-order valence-corrected chi connectivity index (χ2v) is 6.33. The second kappa shape index (κ2) is 6.71. The van der Waals surface area contributed by atoms with E-state index < -0.39 is 6.10 Å². The molecule has 2 bridgehead atoms. The summed E-state index contributed by atoms with van der Waals surface area (Å²) in [5.41, 5.74) is 0.845. The molecular formula is C18H25NO3. The number of aliphatic hydroxyl groups is 1. The predicted octanol–water partition coefficient (Wildman–Crippen LogP) is 2.54. The van der Waals surface area contributed by atoms with E-state index in [0.717, 1.165) is 29.9 Å². The number of benzene rings is 1. The van der Waals surface area contributed by atoms with E-state index in [4.69, 9.17) is 9.47 Å². The van der Waals surface area contributed by atoms with Gasteiger partial charge in [-0.15, -0.1) is 0 Å². The Morgan fingerprint density at radius 1 is 1.18 bits per heavy atom. The molecule has 120 valence electrons. The highest BCUT2D eigenvalue weighted by Gasteiger charge is 2.35. The van der Waals surface area contributed by atoms with Crippen molar-refractivity contribution in [2.75, 3.05) is 27.3 Å². The Hall–Kier alpha value is -1.52. The van der Waals surface area contributed by atoms with Crippen molar-refractivity contribution in [1.82, 2.24) is 5.32 Å². The van der Waals surface area contributed by atoms with Crippen LogP contribution in [-0.2, 0) is 0 Å². The van der Waals surface area contributed by atoms with Gasteiger partial charge in [0.25, 0.3) is 0 Å². The maximum Gasteiger partial charge on any atom is 0.161 e. The van der Waals surface area contributed by atoms with Crippen molar-refractivity contribution in [3.05, 3.63) is 35.9 Å². The quantitative estimate of drug-likeness (QED) is 0.760. The van der Waals surface area contributed by atoms with Gasteiger partial charge in [-0.25, -0.2) is 0 Å². The lowest BCUT2D eigenvalue weighted by Crippen LogP contribution is -2.29. The first-order valence-corrected chi connectivity index (χ1v) is 8.00. The first kappa shape index (κ1) is 15.4. The van der Waals surface area contributed by atoms with Crippen LogP contribution in [0.2, 0.25) is 0 Å². The molecule has 0 unspecified atom stereocenters. The number of nitrogens with one attached hydrogen (secondary N) is 1. The van der Waals surface area contributed by atoms with Gasteiger partial charge in [-0.3, -0.25) is 0 Å². The molecule has 0 amide bonds. The predicted molar refractivity (Wildman–Crippen MR) is 86.2 cm³/mol. The summed E-state index contributed by atoms with van der Waals surface area (Å²) in [7, 11) is 3.22. The molecule has 2 aliphatic rings. The number of fused-ring (bicyclic) bond motifs is 2. The van der Waals surface area contributed by atoms with Crippen LogP contribution in [0.5, 0.6) is 11.5 Å². The first-order valence-electron chi connectivity index (χ1n) is 8.00. The van der Waals surface area contributed by atoms with Gasteiger partial charge >= 0.3 is 0 Å². The van der Waals surface area contributed by atoms with Gasteiger partial charge in [0.05, 0.1) is 20.3 Å². The van der Waals surface area contributed by atoms with Crippen LogP contribution >= 0.6 is 0 Å². The van der Waals surface area contributed by atoms with Crippen LogP contribution < -0.4 is 14.8 Å². The topological polar surface area (TPSA) is 50.7 Å². The molecule has 0 heterocycles. The largest absolute Gasteiger partial charge is 0.493 e. The zero-order valence-electron chi connectivity index (χ0n) is 13.3. The third-order valence-electron chi connectivity index (χ3n) is 4.95. The fourth-order valence-electron chi connectivity index (χ4n) is 3.71. The number of aliphatic hydroxyl groups excluding tert-OH is 1. The van der Waals surface area contributed by atoms with E-state index in [1.165, 1.54) is 12.8 Å². The average molecular weight is 303 g/mol. The minimum atomic E-state index is -0.533. The van der Waals surface area contributed by atoms with Gasteiger partial charge in [-0.1, -0.05) is 18.2 Å². The third-order valence-corrected chi connectivity index (χ3v) is 4.95. The Morgan fingerprint density at radius 3 is 2.64 bits per heavy atom. The van der Waals surface area contributed by atoms with Crippen LogP contribution in [0.3, 0.4) is 0 Å². The molecule has 22 heavy (non-hydrogen) atoms. The second-order valence-electron chi connectivity index (χ2n) is 6.33. The number of hydrogen-bond donors (Lipinski definition) is 2. The fourth-order valence-corrected chi connectivity index (χ4v) is 3.71. The Balaban J connectivity index is 1.51. The zero-order chi connectivity index (χ0) is 15.5. The molecule has 2 N–H and O–H groups in total. The summed E-state index contributed by atoms with van der Waals surface area (Å²) in [5, 5.41) is 13.8. The van der Waals surface area contributed by atoms with E-state index in [1.54, 1.807) is 14.2 Å². The van der Waals surface area contributed by atoms with Crippen LogP contribution in [0.15, 0.2) is 30.4 Å². The van der Waals surface area contributed by atoms with Crippen molar-refractivity contribution in [3.63, 3.8) is 0 Å². The van der Waals surface area contributed by atoms with E-state index in [9.17, 15) is 5.11 Å². The standard InChI is InChI=1S/C18H25NO3/c1-21-17-6-5-14(9-18(17)22-2)16(20)11-19-10-15-8-12-3-4-13(15)7-12/h3-6,9,12-13,15-16,19-20H,7-8,10-11H2,1-2H3/t12-,13-,15+,16-/m0/s1. The Morgan fingerprint density at radius 2 is 2.00 bits per heavy atom. The molecule has 0 saturated heterocycles. The summed E-state index contributed by atoms with van der Waals surface area (Å²) in [6.45, 7) is 1.54. The van der Waals surface area contributed by atoms with Crippen molar-refractivity contribution < 1.29 is 14.6 Å². The van der Waals surface area contributed by atoms with Gasteiger partial charge in [0, 0.05) is 6.54 Å². The number of rotatable bonds is 7. The minimum Gasteiger partial charge on any atom is -0.493 e. The van der Waals surface area contributed by atoms with Crippen LogP contribution in [0.4, 0.5) is 0 Å². The van der Waals surface area contributed by atoms with Crippen molar-refractivity contribution >= 4 is 0 Å². The number of methoxy groups -OCH3 is 2. The zero-order valence-corrected chi connectivity index (χ0v) is 13.3. The van der Waals surface area contributed by atoms with Crippen molar-refractivity contribution in [3.8, 4) is 11.5 Å². The molecule has 1 aromatic carbocycles. The summed E-state index contributed by atoms with van der Waals surface area (Å²) in [6.07, 6.45) is 6.81. The maximum atomic E-state index is 10.3. The van der Waals surface area contributed by atoms with Gasteiger partial charge in [0.2, 0.25) is 0 Å². The fraction of sp³-hybridized carbons (Fsp3) is 0.556. The molecule has 0 spiro atoms. The summed E-state index contributed by atoms with van der Waals surface area (Å²) < 4.78 is 10.5. The van der Waals surface area contributed by atoms with Gasteiger partial charge in [-0.05, 0) is 54.8 Å². The minimum absolute atomic E-state index is 0.533. The summed E-state index contributed by atoms with van der Waals surface area (Å²) >= 11 is 0. The van der Waals surface area contributed by atoms with E-state index in [2.05, 4.69) is 17.5 Å². The summed E-state index contributed by atoms with van der Waals surface area (Å²) in [5.74, 6) is 3.60. The molecule has 3 rings (SSSR count). The van der Waals surface area contributed by atoms with E-state index >= 15 is 0 Å². The number of ether oxygens (including phenoxy) is 2. The van der Waals surface area contributed by atoms with Crippen LogP contribution in [-0.4, -0.2) is 32.4 Å². The Kier molecular flexibility index (Phi) is 4.69. The molecular weight excluding hydrogens is 278 g/mol. The molecule has 1 fully saturated rings. The van der Waals surface area contributed by atoms with Crippen LogP contribution in [0.25, 0.3) is 0 Å². The highest BCUT2D eigenvalue weighted by Crippen LogP contribution is 2.43. The monoisotopic (exact) mass is 303 g/mol. The van der Waals surface area contributed by atoms with Crippen molar-refractivity contribution in [2.45, 2.75) is 18.9 Å². The molecule has 0 radical (unpaired) electrons. The molecule has 0 aromatic heterocycles. The summed E-state index contributed by atoms with van der Waals surface area (Å²) in [6, 6.07) is 5.55. The molecule has 1 saturated carbocycles. The molecule has 1 aromatic rings. The van der Waals surface area contributed by atoms with Gasteiger partial charge in [0.15, 0.2) is 11.5 Å². The van der Waals surface area contributed by atoms with Crippen LogP contribution in [0, 0.1) is 17.8 Å². The number of allylic oxidation sites excluding steroid dienone is 2. The number of hydrogen-bond acceptors (Lipinski definition) is 4. The Labute approximate surface area is 132 Å². The summed E-state index contributed by atoms with van der Waals surface area (Å²) in [4.78, 5) is 0. The molecule has 4 heteroatoms. The van der Waals surface area contributed by atoms with Gasteiger partial charge < -0.3 is 19.9 Å². The van der Waals surface area contributed by atoms with E-state index in [-0.39, 0.29) is 0 Å². The third kappa shape index (κ3) is 3.13. The first-order chi connectivity index (χ1) is 10.7. The van der Waals surface area contributed by atoms with Gasteiger partial charge in [-0.2, -0.15) is 0 Å². The maximum absolute atomic E-state index is 10.3.